The highest BCUT2D eigenvalue weighted by molar-refractivity contribution is 6.31. The molecule has 0 aliphatic heterocycles. The van der Waals surface area contributed by atoms with Crippen molar-refractivity contribution < 1.29 is 5.11 Å². The Morgan fingerprint density at radius 3 is 2.25 bits per heavy atom. The van der Waals surface area contributed by atoms with Gasteiger partial charge in [-0.3, -0.25) is 0 Å². The normalized spacial score (nSPS) is 9.75. The van der Waals surface area contributed by atoms with Crippen molar-refractivity contribution >= 4 is 11.6 Å². The SMILES string of the molecule is N#Cc1cc(-c2ccc(O)cc2)ccc1Cl. The quantitative estimate of drug-likeness (QED) is 0.812. The van der Waals surface area contributed by atoms with Gasteiger partial charge in [0.1, 0.15) is 11.8 Å². The molecule has 0 saturated carbocycles. The van der Waals surface area contributed by atoms with Crippen molar-refractivity contribution in [3.8, 4) is 22.9 Å². The summed E-state index contributed by atoms with van der Waals surface area (Å²) in [5, 5.41) is 18.5. The molecule has 2 aromatic rings. The first-order valence-corrected chi connectivity index (χ1v) is 5.07. The minimum Gasteiger partial charge on any atom is -0.508 e. The van der Waals surface area contributed by atoms with Crippen LogP contribution in [-0.2, 0) is 0 Å². The van der Waals surface area contributed by atoms with E-state index < -0.39 is 0 Å². The molecule has 0 aromatic heterocycles. The second kappa shape index (κ2) is 4.26. The topological polar surface area (TPSA) is 44.0 Å². The number of aromatic hydroxyl groups is 1. The van der Waals surface area contributed by atoms with Crippen LogP contribution in [0.4, 0.5) is 0 Å². The third kappa shape index (κ3) is 2.00. The van der Waals surface area contributed by atoms with Gasteiger partial charge in [-0.15, -0.1) is 0 Å². The van der Waals surface area contributed by atoms with E-state index in [-0.39, 0.29) is 5.75 Å². The Bertz CT molecular complexity index is 555. The van der Waals surface area contributed by atoms with Crippen LogP contribution in [0.15, 0.2) is 42.5 Å². The lowest BCUT2D eigenvalue weighted by molar-refractivity contribution is 0.475. The summed E-state index contributed by atoms with van der Waals surface area (Å²) in [6, 6.07) is 14.1. The van der Waals surface area contributed by atoms with Crippen LogP contribution in [0.3, 0.4) is 0 Å². The number of phenolic OH excluding ortho intramolecular Hbond substituents is 1. The summed E-state index contributed by atoms with van der Waals surface area (Å²) in [5.74, 6) is 0.221. The van der Waals surface area contributed by atoms with Gasteiger partial charge in [-0.25, -0.2) is 0 Å². The maximum Gasteiger partial charge on any atom is 0.115 e. The van der Waals surface area contributed by atoms with Crippen molar-refractivity contribution in [1.29, 1.82) is 5.26 Å². The maximum absolute atomic E-state index is 9.17. The number of benzene rings is 2. The Morgan fingerprint density at radius 1 is 1.00 bits per heavy atom. The Kier molecular flexibility index (Phi) is 2.80. The minimum absolute atomic E-state index is 0.221. The summed E-state index contributed by atoms with van der Waals surface area (Å²) >= 11 is 5.85. The lowest BCUT2D eigenvalue weighted by Crippen LogP contribution is -1.81. The first-order valence-electron chi connectivity index (χ1n) is 4.70. The molecule has 0 spiro atoms. The van der Waals surface area contributed by atoms with Crippen LogP contribution in [0.2, 0.25) is 5.02 Å². The van der Waals surface area contributed by atoms with E-state index in [1.54, 1.807) is 36.4 Å². The fourth-order valence-electron chi connectivity index (χ4n) is 1.44. The molecule has 16 heavy (non-hydrogen) atoms. The number of hydrogen-bond donors (Lipinski definition) is 1. The monoisotopic (exact) mass is 229 g/mol. The molecule has 0 bridgehead atoms. The second-order valence-corrected chi connectivity index (χ2v) is 3.76. The number of rotatable bonds is 1. The zero-order chi connectivity index (χ0) is 11.5. The van der Waals surface area contributed by atoms with Crippen LogP contribution in [0, 0.1) is 11.3 Å². The Labute approximate surface area is 98.3 Å². The molecule has 0 aliphatic carbocycles. The predicted octanol–water partition coefficient (Wildman–Crippen LogP) is 3.58. The molecule has 0 saturated heterocycles. The summed E-state index contributed by atoms with van der Waals surface area (Å²) in [5.41, 5.74) is 2.29. The van der Waals surface area contributed by atoms with Gasteiger partial charge in [0.2, 0.25) is 0 Å². The number of nitrogens with zero attached hydrogens (tertiary/aromatic N) is 1. The van der Waals surface area contributed by atoms with Gasteiger partial charge >= 0.3 is 0 Å². The molecule has 0 radical (unpaired) electrons. The van der Waals surface area contributed by atoms with Crippen LogP contribution in [0.25, 0.3) is 11.1 Å². The molecule has 3 heteroatoms. The van der Waals surface area contributed by atoms with E-state index in [0.717, 1.165) is 11.1 Å². The molecule has 0 heterocycles. The third-order valence-corrected chi connectivity index (χ3v) is 2.62. The van der Waals surface area contributed by atoms with Crippen LogP contribution < -0.4 is 0 Å². The van der Waals surface area contributed by atoms with E-state index in [0.29, 0.717) is 10.6 Å². The van der Waals surface area contributed by atoms with Crippen LogP contribution in [0.5, 0.6) is 5.75 Å². The Hall–Kier alpha value is -1.98. The average Bonchev–Trinajstić information content (AvgIpc) is 2.31. The molecule has 1 N–H and O–H groups in total. The highest BCUT2D eigenvalue weighted by atomic mass is 35.5. The summed E-state index contributed by atoms with van der Waals surface area (Å²) in [6.45, 7) is 0. The van der Waals surface area contributed by atoms with Crippen molar-refractivity contribution in [2.24, 2.45) is 0 Å². The fraction of sp³-hybridized carbons (Fsp3) is 0. The standard InChI is InChI=1S/C13H8ClNO/c14-13-6-3-10(7-11(13)8-15)9-1-4-12(16)5-2-9/h1-7,16H. The molecule has 2 nitrogen and oxygen atoms in total. The number of phenols is 1. The van der Waals surface area contributed by atoms with Crippen LogP contribution in [-0.4, -0.2) is 5.11 Å². The van der Waals surface area contributed by atoms with Gasteiger partial charge in [0.25, 0.3) is 0 Å². The van der Waals surface area contributed by atoms with Crippen LogP contribution >= 0.6 is 11.6 Å². The zero-order valence-electron chi connectivity index (χ0n) is 8.31. The zero-order valence-corrected chi connectivity index (χ0v) is 9.07. The number of nitriles is 1. The van der Waals surface area contributed by atoms with E-state index in [1.807, 2.05) is 12.1 Å². The molecule has 0 aliphatic rings. The molecule has 0 atom stereocenters. The van der Waals surface area contributed by atoms with Gasteiger partial charge in [-0.05, 0) is 35.4 Å². The van der Waals surface area contributed by atoms with Crippen molar-refractivity contribution in [3.05, 3.63) is 53.1 Å². The van der Waals surface area contributed by atoms with Crippen molar-refractivity contribution in [1.82, 2.24) is 0 Å². The van der Waals surface area contributed by atoms with E-state index >= 15 is 0 Å². The van der Waals surface area contributed by atoms with E-state index in [1.165, 1.54) is 0 Å². The fourth-order valence-corrected chi connectivity index (χ4v) is 1.60. The first kappa shape index (κ1) is 10.5. The lowest BCUT2D eigenvalue weighted by Gasteiger charge is -2.03. The van der Waals surface area contributed by atoms with E-state index in [2.05, 4.69) is 0 Å². The van der Waals surface area contributed by atoms with Gasteiger partial charge in [-0.1, -0.05) is 29.8 Å². The predicted molar refractivity (Wildman–Crippen MR) is 63.3 cm³/mol. The Morgan fingerprint density at radius 2 is 1.62 bits per heavy atom. The molecule has 2 rings (SSSR count). The first-order chi connectivity index (χ1) is 7.70. The van der Waals surface area contributed by atoms with E-state index in [4.69, 9.17) is 16.9 Å². The average molecular weight is 230 g/mol. The summed E-state index contributed by atoms with van der Waals surface area (Å²) in [7, 11) is 0. The molecule has 2 aromatic carbocycles. The van der Waals surface area contributed by atoms with E-state index in [9.17, 15) is 5.11 Å². The van der Waals surface area contributed by atoms with Crippen molar-refractivity contribution in [2.75, 3.05) is 0 Å². The largest absolute Gasteiger partial charge is 0.508 e. The summed E-state index contributed by atoms with van der Waals surface area (Å²) < 4.78 is 0. The number of halogens is 1. The molecule has 78 valence electrons. The van der Waals surface area contributed by atoms with Gasteiger partial charge in [0, 0.05) is 0 Å². The maximum atomic E-state index is 9.17. The smallest absolute Gasteiger partial charge is 0.115 e. The van der Waals surface area contributed by atoms with Gasteiger partial charge < -0.3 is 5.11 Å². The van der Waals surface area contributed by atoms with Gasteiger partial charge in [-0.2, -0.15) is 5.26 Å². The third-order valence-electron chi connectivity index (χ3n) is 2.29. The summed E-state index contributed by atoms with van der Waals surface area (Å²) in [4.78, 5) is 0. The molecule has 0 unspecified atom stereocenters. The van der Waals surface area contributed by atoms with Crippen molar-refractivity contribution in [3.63, 3.8) is 0 Å². The minimum atomic E-state index is 0.221. The van der Waals surface area contributed by atoms with Crippen molar-refractivity contribution in [2.45, 2.75) is 0 Å². The molecule has 0 fully saturated rings. The molecular formula is C13H8ClNO. The van der Waals surface area contributed by atoms with Gasteiger partial charge in [0.05, 0.1) is 10.6 Å². The number of hydrogen-bond acceptors (Lipinski definition) is 2. The Balaban J connectivity index is 2.49. The second-order valence-electron chi connectivity index (χ2n) is 3.35. The highest BCUT2D eigenvalue weighted by Crippen LogP contribution is 2.25. The molecular weight excluding hydrogens is 222 g/mol. The van der Waals surface area contributed by atoms with Gasteiger partial charge in [0.15, 0.2) is 0 Å². The lowest BCUT2D eigenvalue weighted by atomic mass is 10.0. The summed E-state index contributed by atoms with van der Waals surface area (Å²) in [6.07, 6.45) is 0. The van der Waals surface area contributed by atoms with Crippen LogP contribution in [0.1, 0.15) is 5.56 Å². The molecule has 0 amide bonds. The highest BCUT2D eigenvalue weighted by Gasteiger charge is 2.03.